The normalized spacial score (nSPS) is 16.3. The predicted molar refractivity (Wildman–Crippen MR) is 112 cm³/mol. The minimum absolute atomic E-state index is 0.0751. The molecule has 0 amide bonds. The molecule has 26 heavy (non-hydrogen) atoms. The molecule has 0 spiro atoms. The highest BCUT2D eigenvalue weighted by atomic mass is 28.4. The van der Waals surface area contributed by atoms with E-state index in [1.54, 1.807) is 21.3 Å². The van der Waals surface area contributed by atoms with Crippen molar-refractivity contribution in [1.82, 2.24) is 0 Å². The van der Waals surface area contributed by atoms with Crippen molar-refractivity contribution in [3.05, 3.63) is 0 Å². The fraction of sp³-hybridized carbons (Fsp3) is 0.947. The van der Waals surface area contributed by atoms with E-state index in [4.69, 9.17) is 17.7 Å². The Kier molecular flexibility index (Phi) is 9.24. The Morgan fingerprint density at radius 3 is 1.54 bits per heavy atom. The van der Waals surface area contributed by atoms with Gasteiger partial charge >= 0.3 is 8.80 Å². The molecule has 5 nitrogen and oxygen atoms in total. The van der Waals surface area contributed by atoms with E-state index in [0.29, 0.717) is 11.6 Å². The maximum absolute atomic E-state index is 13.2. The molecule has 0 radical (unpaired) electrons. The summed E-state index contributed by atoms with van der Waals surface area (Å²) in [5.41, 5.74) is 0.355. The molecule has 0 fully saturated rings. The molecule has 0 saturated carbocycles. The Morgan fingerprint density at radius 2 is 1.27 bits per heavy atom. The van der Waals surface area contributed by atoms with Crippen LogP contribution >= 0.6 is 0 Å². The second-order valence-corrected chi connectivity index (χ2v) is 18.0. The van der Waals surface area contributed by atoms with Gasteiger partial charge in [-0.05, 0) is 15.6 Å². The number of hydrogen-bond donors (Lipinski definition) is 0. The van der Waals surface area contributed by atoms with E-state index in [-0.39, 0.29) is 22.0 Å². The lowest BCUT2D eigenvalue weighted by Crippen LogP contribution is -2.59. The highest BCUT2D eigenvalue weighted by Gasteiger charge is 2.61. The van der Waals surface area contributed by atoms with Crippen LogP contribution < -0.4 is 0 Å². The molecular formula is C19H42O5Si2. The molecule has 0 aliphatic heterocycles. The highest BCUT2D eigenvalue weighted by molar-refractivity contribution is 6.81. The first-order valence-electron chi connectivity index (χ1n) is 9.56. The van der Waals surface area contributed by atoms with Crippen LogP contribution in [0.4, 0.5) is 0 Å². The first-order valence-corrected chi connectivity index (χ1v) is 13.5. The lowest BCUT2D eigenvalue weighted by molar-refractivity contribution is -0.140. The summed E-state index contributed by atoms with van der Waals surface area (Å²) in [7, 11) is -0.614. The minimum Gasteiger partial charge on any atom is -0.518 e. The van der Waals surface area contributed by atoms with Gasteiger partial charge in [-0.2, -0.15) is 0 Å². The second-order valence-electron chi connectivity index (χ2n) is 9.37. The summed E-state index contributed by atoms with van der Waals surface area (Å²) in [6.45, 7) is 19.6. The lowest BCUT2D eigenvalue weighted by Gasteiger charge is -2.53. The summed E-state index contributed by atoms with van der Waals surface area (Å²) in [6.07, 6.45) is 0.995. The van der Waals surface area contributed by atoms with Gasteiger partial charge in [-0.15, -0.1) is 0 Å². The van der Waals surface area contributed by atoms with Crippen molar-refractivity contribution in [1.29, 1.82) is 0 Å². The molecular weight excluding hydrogens is 364 g/mol. The molecule has 0 bridgehead atoms. The van der Waals surface area contributed by atoms with Gasteiger partial charge in [0.05, 0.1) is 5.92 Å². The molecule has 7 heteroatoms. The molecule has 2 unspecified atom stereocenters. The monoisotopic (exact) mass is 406 g/mol. The molecule has 0 aromatic rings. The third kappa shape index (κ3) is 5.19. The fourth-order valence-corrected chi connectivity index (χ4v) is 13.5. The van der Waals surface area contributed by atoms with Gasteiger partial charge in [0, 0.05) is 27.4 Å². The smallest absolute Gasteiger partial charge is 0.501 e. The molecule has 156 valence electrons. The first kappa shape index (κ1) is 25.8. The Labute approximate surface area is 163 Å². The summed E-state index contributed by atoms with van der Waals surface area (Å²) in [4.78, 5) is 13.2. The van der Waals surface area contributed by atoms with Crippen LogP contribution in [0.3, 0.4) is 0 Å². The van der Waals surface area contributed by atoms with Crippen molar-refractivity contribution < 1.29 is 22.5 Å². The quantitative estimate of drug-likeness (QED) is 0.480. The van der Waals surface area contributed by atoms with Gasteiger partial charge in [-0.1, -0.05) is 68.7 Å². The second kappa shape index (κ2) is 9.32. The van der Waals surface area contributed by atoms with Crippen molar-refractivity contribution in [2.75, 3.05) is 21.3 Å². The highest BCUT2D eigenvalue weighted by Crippen LogP contribution is 2.58. The predicted octanol–water partition coefficient (Wildman–Crippen LogP) is 5.39. The van der Waals surface area contributed by atoms with Crippen molar-refractivity contribution >= 4 is 23.1 Å². The van der Waals surface area contributed by atoms with Gasteiger partial charge in [0.2, 0.25) is 0 Å². The zero-order valence-electron chi connectivity index (χ0n) is 19.1. The molecule has 0 rings (SSSR count). The van der Waals surface area contributed by atoms with E-state index in [1.807, 2.05) is 6.92 Å². The number of carbonyl (C=O) groups excluding carboxylic acids is 1. The maximum Gasteiger partial charge on any atom is 0.501 e. The molecule has 0 N–H and O–H groups in total. The van der Waals surface area contributed by atoms with Gasteiger partial charge in [0.1, 0.15) is 0 Å². The number of carbonyl (C=O) groups is 1. The summed E-state index contributed by atoms with van der Waals surface area (Å²) < 4.78 is 23.0. The van der Waals surface area contributed by atoms with Crippen molar-refractivity contribution in [2.45, 2.75) is 90.4 Å². The Bertz CT molecular complexity index is 428. The van der Waals surface area contributed by atoms with Gasteiger partial charge in [-0.3, -0.25) is 4.79 Å². The van der Waals surface area contributed by atoms with Crippen molar-refractivity contribution in [3.63, 3.8) is 0 Å². The molecule has 0 aromatic heterocycles. The van der Waals surface area contributed by atoms with Gasteiger partial charge in [0.15, 0.2) is 0 Å². The maximum atomic E-state index is 13.2. The van der Waals surface area contributed by atoms with Gasteiger partial charge in [-0.25, -0.2) is 0 Å². The van der Waals surface area contributed by atoms with E-state index in [9.17, 15) is 4.79 Å². The van der Waals surface area contributed by atoms with E-state index < -0.39 is 17.1 Å². The van der Waals surface area contributed by atoms with Gasteiger partial charge in [0.25, 0.3) is 14.3 Å². The standard InChI is InChI=1S/C19H42O5Si2/c1-13-16(3)26(18(4,5)6,19(7,8)9)24-17(20)15(2)14-25(21-10,22-11)23-12/h15-16H,13-14H2,1-12H3. The van der Waals surface area contributed by atoms with Gasteiger partial charge < -0.3 is 17.7 Å². The van der Waals surface area contributed by atoms with Crippen LogP contribution in [0.25, 0.3) is 0 Å². The first-order chi connectivity index (χ1) is 11.7. The average molecular weight is 407 g/mol. The van der Waals surface area contributed by atoms with Crippen LogP contribution in [-0.4, -0.2) is 44.4 Å². The van der Waals surface area contributed by atoms with Crippen LogP contribution in [0, 0.1) is 5.92 Å². The molecule has 0 aromatic carbocycles. The average Bonchev–Trinajstić information content (AvgIpc) is 2.54. The molecule has 0 aliphatic rings. The van der Waals surface area contributed by atoms with E-state index in [1.165, 1.54) is 0 Å². The molecule has 0 aliphatic carbocycles. The molecule has 2 atom stereocenters. The number of rotatable bonds is 9. The molecule has 0 saturated heterocycles. The third-order valence-electron chi connectivity index (χ3n) is 5.69. The topological polar surface area (TPSA) is 54.0 Å². The zero-order chi connectivity index (χ0) is 21.0. The number of hydrogen-bond acceptors (Lipinski definition) is 5. The summed E-state index contributed by atoms with van der Waals surface area (Å²) >= 11 is 0. The minimum atomic E-state index is -2.83. The van der Waals surface area contributed by atoms with Crippen molar-refractivity contribution in [3.8, 4) is 0 Å². The summed E-state index contributed by atoms with van der Waals surface area (Å²) in [5.74, 6) is -0.507. The Hall–Kier alpha value is -0.216. The SMILES string of the molecule is CCC(C)[Si](OC(=O)C(C)C[Si](OC)(OC)OC)(C(C)(C)C)C(C)(C)C. The van der Waals surface area contributed by atoms with E-state index in [0.717, 1.165) is 6.42 Å². The third-order valence-corrected chi connectivity index (χ3v) is 15.4. The fourth-order valence-electron chi connectivity index (χ4n) is 4.52. The summed E-state index contributed by atoms with van der Waals surface area (Å²) in [5, 5.41) is -0.150. The van der Waals surface area contributed by atoms with Crippen LogP contribution in [0.2, 0.25) is 21.7 Å². The molecule has 0 heterocycles. The van der Waals surface area contributed by atoms with Crippen molar-refractivity contribution in [2.24, 2.45) is 5.92 Å². The largest absolute Gasteiger partial charge is 0.518 e. The van der Waals surface area contributed by atoms with E-state index >= 15 is 0 Å². The van der Waals surface area contributed by atoms with E-state index in [2.05, 4.69) is 55.4 Å². The van der Waals surface area contributed by atoms with Crippen LogP contribution in [-0.2, 0) is 22.5 Å². The van der Waals surface area contributed by atoms with Crippen LogP contribution in [0.5, 0.6) is 0 Å². The summed E-state index contributed by atoms with van der Waals surface area (Å²) in [6, 6.07) is 0.411. The lowest BCUT2D eigenvalue weighted by atomic mass is 10.2. The Balaban J connectivity index is 5.83. The Morgan fingerprint density at radius 1 is 0.885 bits per heavy atom. The van der Waals surface area contributed by atoms with Crippen LogP contribution in [0.15, 0.2) is 0 Å². The zero-order valence-corrected chi connectivity index (χ0v) is 21.1. The van der Waals surface area contributed by atoms with Crippen LogP contribution in [0.1, 0.15) is 68.7 Å².